The smallest absolute Gasteiger partial charge is 0.0929 e. The first-order chi connectivity index (χ1) is 7.74. The third kappa shape index (κ3) is 2.64. The Balaban J connectivity index is 2.05. The van der Waals surface area contributed by atoms with E-state index in [1.54, 1.807) is 11.3 Å². The van der Waals surface area contributed by atoms with Crippen molar-refractivity contribution in [1.82, 2.24) is 4.98 Å². The van der Waals surface area contributed by atoms with Gasteiger partial charge in [-0.3, -0.25) is 0 Å². The van der Waals surface area contributed by atoms with Crippen molar-refractivity contribution in [2.24, 2.45) is 5.73 Å². The second kappa shape index (κ2) is 5.28. The molecule has 2 rings (SSSR count). The van der Waals surface area contributed by atoms with Gasteiger partial charge in [0, 0.05) is 5.38 Å². The highest BCUT2D eigenvalue weighted by atomic mass is 32.1. The van der Waals surface area contributed by atoms with Crippen LogP contribution in [0.5, 0.6) is 0 Å². The van der Waals surface area contributed by atoms with E-state index in [2.05, 4.69) is 12.3 Å². The molecule has 0 unspecified atom stereocenters. The summed E-state index contributed by atoms with van der Waals surface area (Å²) in [7, 11) is 0. The predicted molar refractivity (Wildman–Crippen MR) is 69.7 cm³/mol. The maximum atomic E-state index is 6.47. The lowest BCUT2D eigenvalue weighted by Crippen LogP contribution is -2.38. The predicted octanol–water partition coefficient (Wildman–Crippen LogP) is 3.60. The largest absolute Gasteiger partial charge is 0.320 e. The van der Waals surface area contributed by atoms with Gasteiger partial charge in [0.25, 0.3) is 0 Å². The van der Waals surface area contributed by atoms with E-state index in [1.165, 1.54) is 37.1 Å². The molecule has 0 aliphatic heterocycles. The van der Waals surface area contributed by atoms with Crippen LogP contribution in [0, 0.1) is 0 Å². The Labute approximate surface area is 102 Å². The first kappa shape index (κ1) is 12.1. The summed E-state index contributed by atoms with van der Waals surface area (Å²) in [5.74, 6) is 0. The van der Waals surface area contributed by atoms with E-state index >= 15 is 0 Å². The Morgan fingerprint density at radius 2 is 2.12 bits per heavy atom. The second-order valence-corrected chi connectivity index (χ2v) is 5.89. The molecule has 1 aromatic rings. The summed E-state index contributed by atoms with van der Waals surface area (Å²) in [4.78, 5) is 4.74. The number of hydrogen-bond acceptors (Lipinski definition) is 3. The SMILES string of the molecule is CCCCc1nc(C2(N)CCCCC2)cs1. The zero-order valence-electron chi connectivity index (χ0n) is 10.2. The van der Waals surface area contributed by atoms with E-state index < -0.39 is 0 Å². The molecule has 2 nitrogen and oxygen atoms in total. The fourth-order valence-electron chi connectivity index (χ4n) is 2.42. The summed E-state index contributed by atoms with van der Waals surface area (Å²) in [6.45, 7) is 2.22. The molecule has 90 valence electrons. The van der Waals surface area contributed by atoms with E-state index in [0.29, 0.717) is 0 Å². The third-order valence-electron chi connectivity index (χ3n) is 3.55. The second-order valence-electron chi connectivity index (χ2n) is 4.95. The highest BCUT2D eigenvalue weighted by Gasteiger charge is 2.31. The number of unbranched alkanes of at least 4 members (excludes halogenated alkanes) is 1. The number of nitrogens with two attached hydrogens (primary N) is 1. The Hall–Kier alpha value is -0.410. The van der Waals surface area contributed by atoms with Gasteiger partial charge in [0.1, 0.15) is 0 Å². The molecule has 0 radical (unpaired) electrons. The van der Waals surface area contributed by atoms with Crippen molar-refractivity contribution in [3.05, 3.63) is 16.1 Å². The van der Waals surface area contributed by atoms with Gasteiger partial charge in [-0.25, -0.2) is 4.98 Å². The van der Waals surface area contributed by atoms with Gasteiger partial charge in [-0.1, -0.05) is 32.6 Å². The minimum absolute atomic E-state index is 0.112. The molecule has 0 saturated heterocycles. The first-order valence-electron chi connectivity index (χ1n) is 6.48. The summed E-state index contributed by atoms with van der Waals surface area (Å²) in [5.41, 5.74) is 7.51. The summed E-state index contributed by atoms with van der Waals surface area (Å²) < 4.78 is 0. The number of thiazole rings is 1. The van der Waals surface area contributed by atoms with Crippen LogP contribution >= 0.6 is 11.3 Å². The average Bonchev–Trinajstić information content (AvgIpc) is 2.77. The lowest BCUT2D eigenvalue weighted by Gasteiger charge is -2.31. The Morgan fingerprint density at radius 1 is 1.38 bits per heavy atom. The zero-order valence-corrected chi connectivity index (χ0v) is 11.0. The van der Waals surface area contributed by atoms with E-state index in [4.69, 9.17) is 10.7 Å². The van der Waals surface area contributed by atoms with Crippen molar-refractivity contribution in [3.63, 3.8) is 0 Å². The van der Waals surface area contributed by atoms with Gasteiger partial charge in [0.05, 0.1) is 16.2 Å². The van der Waals surface area contributed by atoms with Crippen LogP contribution in [0.4, 0.5) is 0 Å². The van der Waals surface area contributed by atoms with Crippen molar-refractivity contribution in [2.45, 2.75) is 63.8 Å². The molecule has 1 fully saturated rings. The molecule has 1 aliphatic carbocycles. The number of rotatable bonds is 4. The standard InChI is InChI=1S/C13H22N2S/c1-2-3-7-12-15-11(10-16-12)13(14)8-5-4-6-9-13/h10H,2-9,14H2,1H3. The minimum Gasteiger partial charge on any atom is -0.320 e. The van der Waals surface area contributed by atoms with E-state index in [0.717, 1.165) is 25.0 Å². The highest BCUT2D eigenvalue weighted by Crippen LogP contribution is 2.35. The van der Waals surface area contributed by atoms with E-state index in [9.17, 15) is 0 Å². The molecule has 3 heteroatoms. The Kier molecular flexibility index (Phi) is 3.98. The van der Waals surface area contributed by atoms with Crippen LogP contribution in [0.3, 0.4) is 0 Å². The average molecular weight is 238 g/mol. The molecular weight excluding hydrogens is 216 g/mol. The molecular formula is C13H22N2S. The van der Waals surface area contributed by atoms with Gasteiger partial charge in [-0.05, 0) is 25.7 Å². The molecule has 0 atom stereocenters. The van der Waals surface area contributed by atoms with Crippen molar-refractivity contribution in [3.8, 4) is 0 Å². The van der Waals surface area contributed by atoms with Gasteiger partial charge in [-0.15, -0.1) is 11.3 Å². The fourth-order valence-corrected chi connectivity index (χ4v) is 3.37. The van der Waals surface area contributed by atoms with E-state index in [-0.39, 0.29) is 5.54 Å². The lowest BCUT2D eigenvalue weighted by atomic mass is 9.81. The molecule has 1 saturated carbocycles. The molecule has 1 heterocycles. The number of hydrogen-bond donors (Lipinski definition) is 1. The first-order valence-corrected chi connectivity index (χ1v) is 7.36. The number of nitrogens with zero attached hydrogens (tertiary/aromatic N) is 1. The summed E-state index contributed by atoms with van der Waals surface area (Å²) >= 11 is 1.79. The minimum atomic E-state index is -0.112. The monoisotopic (exact) mass is 238 g/mol. The third-order valence-corrected chi connectivity index (χ3v) is 4.46. The summed E-state index contributed by atoms with van der Waals surface area (Å²) in [6, 6.07) is 0. The Morgan fingerprint density at radius 3 is 2.81 bits per heavy atom. The van der Waals surface area contributed by atoms with Crippen LogP contribution in [-0.2, 0) is 12.0 Å². The molecule has 2 N–H and O–H groups in total. The van der Waals surface area contributed by atoms with Crippen LogP contribution < -0.4 is 5.73 Å². The van der Waals surface area contributed by atoms with Gasteiger partial charge >= 0.3 is 0 Å². The molecule has 1 aromatic heterocycles. The van der Waals surface area contributed by atoms with Crippen LogP contribution in [-0.4, -0.2) is 4.98 Å². The van der Waals surface area contributed by atoms with Crippen LogP contribution in [0.2, 0.25) is 0 Å². The van der Waals surface area contributed by atoms with Gasteiger partial charge in [0.15, 0.2) is 0 Å². The van der Waals surface area contributed by atoms with E-state index in [1.807, 2.05) is 0 Å². The van der Waals surface area contributed by atoms with Crippen LogP contribution in [0.1, 0.15) is 62.6 Å². The van der Waals surface area contributed by atoms with Gasteiger partial charge in [0.2, 0.25) is 0 Å². The molecule has 1 aliphatic rings. The fraction of sp³-hybridized carbons (Fsp3) is 0.769. The number of aryl methyl sites for hydroxylation is 1. The maximum absolute atomic E-state index is 6.47. The van der Waals surface area contributed by atoms with Gasteiger partial charge < -0.3 is 5.73 Å². The lowest BCUT2D eigenvalue weighted by molar-refractivity contribution is 0.296. The molecule has 0 bridgehead atoms. The van der Waals surface area contributed by atoms with Crippen molar-refractivity contribution in [1.29, 1.82) is 0 Å². The van der Waals surface area contributed by atoms with Crippen LogP contribution in [0.25, 0.3) is 0 Å². The summed E-state index contributed by atoms with van der Waals surface area (Å²) in [5, 5.41) is 3.46. The Bertz CT molecular complexity index is 326. The summed E-state index contributed by atoms with van der Waals surface area (Å²) in [6.07, 6.45) is 9.70. The van der Waals surface area contributed by atoms with Crippen molar-refractivity contribution >= 4 is 11.3 Å². The topological polar surface area (TPSA) is 38.9 Å². The zero-order chi connectivity index (χ0) is 11.4. The van der Waals surface area contributed by atoms with Crippen LogP contribution in [0.15, 0.2) is 5.38 Å². The molecule has 16 heavy (non-hydrogen) atoms. The van der Waals surface area contributed by atoms with Crippen molar-refractivity contribution < 1.29 is 0 Å². The maximum Gasteiger partial charge on any atom is 0.0929 e. The quantitative estimate of drug-likeness (QED) is 0.870. The molecule has 0 aromatic carbocycles. The van der Waals surface area contributed by atoms with Gasteiger partial charge in [-0.2, -0.15) is 0 Å². The molecule has 0 amide bonds. The number of aromatic nitrogens is 1. The molecule has 0 spiro atoms. The van der Waals surface area contributed by atoms with Crippen molar-refractivity contribution in [2.75, 3.05) is 0 Å². The normalized spacial score (nSPS) is 19.9. The highest BCUT2D eigenvalue weighted by molar-refractivity contribution is 7.09.